The average molecular weight is 350 g/mol. The minimum atomic E-state index is -0.255. The quantitative estimate of drug-likeness (QED) is 0.781. The van der Waals surface area contributed by atoms with Crippen LogP contribution in [0.15, 0.2) is 61.1 Å². The second-order valence-electron chi connectivity index (χ2n) is 6.24. The van der Waals surface area contributed by atoms with Gasteiger partial charge in [0, 0.05) is 37.1 Å². The summed E-state index contributed by atoms with van der Waals surface area (Å²) in [5.41, 5.74) is 3.72. The van der Waals surface area contributed by atoms with Gasteiger partial charge in [0.15, 0.2) is 0 Å². The molecule has 132 valence electrons. The first kappa shape index (κ1) is 16.3. The molecule has 2 heterocycles. The normalized spacial score (nSPS) is 13.6. The van der Waals surface area contributed by atoms with Crippen LogP contribution in [-0.4, -0.2) is 29.0 Å². The molecular weight excluding hydrogens is 331 g/mol. The van der Waals surface area contributed by atoms with Crippen molar-refractivity contribution in [3.05, 3.63) is 72.6 Å². The molecule has 1 N–H and O–H groups in total. The number of hydrogen-bond acceptors (Lipinski definition) is 3. The molecule has 1 aliphatic rings. The van der Waals surface area contributed by atoms with Crippen LogP contribution in [0, 0.1) is 5.82 Å². The zero-order valence-electron chi connectivity index (χ0n) is 14.2. The van der Waals surface area contributed by atoms with E-state index in [9.17, 15) is 9.18 Å². The van der Waals surface area contributed by atoms with Crippen molar-refractivity contribution in [1.82, 2.24) is 9.97 Å². The molecule has 26 heavy (non-hydrogen) atoms. The highest BCUT2D eigenvalue weighted by molar-refractivity contribution is 5.98. The molecule has 0 fully saturated rings. The Bertz CT molecular complexity index is 892. The fourth-order valence-electron chi connectivity index (χ4n) is 3.31. The summed E-state index contributed by atoms with van der Waals surface area (Å²) in [7, 11) is 0. The summed E-state index contributed by atoms with van der Waals surface area (Å²) in [6, 6.07) is 14.3. The Morgan fingerprint density at radius 1 is 1.08 bits per heavy atom. The van der Waals surface area contributed by atoms with Crippen molar-refractivity contribution in [2.45, 2.75) is 12.8 Å². The van der Waals surface area contributed by atoms with E-state index in [-0.39, 0.29) is 11.7 Å². The van der Waals surface area contributed by atoms with Gasteiger partial charge >= 0.3 is 0 Å². The number of nitrogens with zero attached hydrogens (tertiary/aromatic N) is 3. The van der Waals surface area contributed by atoms with Gasteiger partial charge in [-0.3, -0.25) is 4.79 Å². The molecule has 0 unspecified atom stereocenters. The van der Waals surface area contributed by atoms with Crippen LogP contribution in [0.1, 0.15) is 12.1 Å². The number of aromatic amines is 1. The number of aromatic nitrogens is 2. The van der Waals surface area contributed by atoms with Crippen LogP contribution in [0.5, 0.6) is 0 Å². The van der Waals surface area contributed by atoms with Crippen molar-refractivity contribution in [3.63, 3.8) is 0 Å². The van der Waals surface area contributed by atoms with E-state index in [4.69, 9.17) is 0 Å². The number of anilines is 3. The van der Waals surface area contributed by atoms with Gasteiger partial charge in [0.2, 0.25) is 5.91 Å². The highest BCUT2D eigenvalue weighted by Crippen LogP contribution is 2.37. The first-order chi connectivity index (χ1) is 12.7. The van der Waals surface area contributed by atoms with E-state index in [1.54, 1.807) is 24.7 Å². The number of H-pyrrole nitrogens is 1. The van der Waals surface area contributed by atoms with Crippen LogP contribution in [0.25, 0.3) is 0 Å². The Kier molecular flexibility index (Phi) is 4.39. The number of fused-ring (bicyclic) bond motifs is 1. The molecule has 0 aliphatic carbocycles. The lowest BCUT2D eigenvalue weighted by Gasteiger charge is -2.37. The molecule has 1 aromatic heterocycles. The van der Waals surface area contributed by atoms with Crippen molar-refractivity contribution in [2.75, 3.05) is 22.9 Å². The third-order valence-corrected chi connectivity index (χ3v) is 4.61. The standard InChI is InChI=1S/C20H19FN4O/c21-15-5-8-17(9-6-15)24-11-12-25(19-4-2-1-3-18(19)24)20(26)10-7-16-13-22-14-23-16/h1-6,8-9,13-14H,7,10-12H2,(H,22,23). The molecule has 3 aromatic rings. The van der Waals surface area contributed by atoms with Gasteiger partial charge in [-0.25, -0.2) is 9.37 Å². The smallest absolute Gasteiger partial charge is 0.227 e. The molecule has 1 aliphatic heterocycles. The molecule has 0 saturated heterocycles. The summed E-state index contributed by atoms with van der Waals surface area (Å²) in [6.07, 6.45) is 4.43. The second-order valence-corrected chi connectivity index (χ2v) is 6.24. The number of rotatable bonds is 4. The zero-order chi connectivity index (χ0) is 17.9. The van der Waals surface area contributed by atoms with Crippen molar-refractivity contribution in [2.24, 2.45) is 0 Å². The predicted molar refractivity (Wildman–Crippen MR) is 99.1 cm³/mol. The lowest BCUT2D eigenvalue weighted by molar-refractivity contribution is -0.118. The van der Waals surface area contributed by atoms with E-state index in [1.807, 2.05) is 29.2 Å². The van der Waals surface area contributed by atoms with Gasteiger partial charge in [-0.1, -0.05) is 12.1 Å². The van der Waals surface area contributed by atoms with Crippen LogP contribution in [0.4, 0.5) is 21.5 Å². The monoisotopic (exact) mass is 350 g/mol. The topological polar surface area (TPSA) is 52.2 Å². The van der Waals surface area contributed by atoms with Gasteiger partial charge in [0.25, 0.3) is 0 Å². The second kappa shape index (κ2) is 7.00. The van der Waals surface area contributed by atoms with Crippen LogP contribution in [0.2, 0.25) is 0 Å². The lowest BCUT2D eigenvalue weighted by atomic mass is 10.1. The molecule has 0 spiro atoms. The summed E-state index contributed by atoms with van der Waals surface area (Å²) in [4.78, 5) is 23.7. The van der Waals surface area contributed by atoms with Gasteiger partial charge in [-0.15, -0.1) is 0 Å². The summed E-state index contributed by atoms with van der Waals surface area (Å²) < 4.78 is 13.2. The van der Waals surface area contributed by atoms with Gasteiger partial charge in [-0.2, -0.15) is 0 Å². The third kappa shape index (κ3) is 3.18. The number of hydrogen-bond donors (Lipinski definition) is 1. The maximum absolute atomic E-state index is 13.2. The number of aryl methyl sites for hydroxylation is 1. The Morgan fingerprint density at radius 2 is 1.85 bits per heavy atom. The average Bonchev–Trinajstić information content (AvgIpc) is 3.20. The summed E-state index contributed by atoms with van der Waals surface area (Å²) >= 11 is 0. The van der Waals surface area contributed by atoms with E-state index >= 15 is 0 Å². The molecule has 5 nitrogen and oxygen atoms in total. The van der Waals surface area contributed by atoms with E-state index < -0.39 is 0 Å². The fourth-order valence-corrected chi connectivity index (χ4v) is 3.31. The van der Waals surface area contributed by atoms with Gasteiger partial charge in [0.05, 0.1) is 17.7 Å². The number of carbonyl (C=O) groups is 1. The number of amides is 1. The lowest BCUT2D eigenvalue weighted by Crippen LogP contribution is -2.42. The molecule has 2 aromatic carbocycles. The molecule has 0 atom stereocenters. The van der Waals surface area contributed by atoms with E-state index in [0.717, 1.165) is 22.8 Å². The first-order valence-corrected chi connectivity index (χ1v) is 8.62. The van der Waals surface area contributed by atoms with Crippen molar-refractivity contribution >= 4 is 23.0 Å². The van der Waals surface area contributed by atoms with Crippen molar-refractivity contribution < 1.29 is 9.18 Å². The molecule has 1 amide bonds. The molecule has 6 heteroatoms. The predicted octanol–water partition coefficient (Wildman–Crippen LogP) is 3.67. The summed E-state index contributed by atoms with van der Waals surface area (Å²) in [5, 5.41) is 0. The van der Waals surface area contributed by atoms with Crippen LogP contribution in [-0.2, 0) is 11.2 Å². The largest absolute Gasteiger partial charge is 0.348 e. The van der Waals surface area contributed by atoms with E-state index in [1.165, 1.54) is 12.1 Å². The summed E-state index contributed by atoms with van der Waals surface area (Å²) in [6.45, 7) is 1.26. The zero-order valence-corrected chi connectivity index (χ0v) is 14.2. The third-order valence-electron chi connectivity index (χ3n) is 4.61. The SMILES string of the molecule is O=C(CCc1cnc[nH]1)N1CCN(c2ccc(F)cc2)c2ccccc21. The molecule has 0 saturated carbocycles. The Labute approximate surface area is 151 Å². The molecule has 0 bridgehead atoms. The number of imidazole rings is 1. The van der Waals surface area contributed by atoms with Crippen molar-refractivity contribution in [1.29, 1.82) is 0 Å². The molecule has 4 rings (SSSR count). The van der Waals surface area contributed by atoms with Gasteiger partial charge in [0.1, 0.15) is 5.82 Å². The Morgan fingerprint density at radius 3 is 2.58 bits per heavy atom. The maximum Gasteiger partial charge on any atom is 0.227 e. The first-order valence-electron chi connectivity index (χ1n) is 8.62. The van der Waals surface area contributed by atoms with Gasteiger partial charge < -0.3 is 14.8 Å². The molecular formula is C20H19FN4O. The number of halogens is 1. The fraction of sp³-hybridized carbons (Fsp3) is 0.200. The highest BCUT2D eigenvalue weighted by Gasteiger charge is 2.27. The minimum absolute atomic E-state index is 0.0887. The van der Waals surface area contributed by atoms with E-state index in [0.29, 0.717) is 25.9 Å². The maximum atomic E-state index is 13.2. The Hall–Kier alpha value is -3.15. The molecule has 0 radical (unpaired) electrons. The number of benzene rings is 2. The van der Waals surface area contributed by atoms with Crippen LogP contribution >= 0.6 is 0 Å². The van der Waals surface area contributed by atoms with Gasteiger partial charge in [-0.05, 0) is 42.8 Å². The van der Waals surface area contributed by atoms with Crippen molar-refractivity contribution in [3.8, 4) is 0 Å². The number of carbonyl (C=O) groups excluding carboxylic acids is 1. The number of nitrogens with one attached hydrogen (secondary N) is 1. The van der Waals surface area contributed by atoms with E-state index in [2.05, 4.69) is 14.9 Å². The van der Waals surface area contributed by atoms with Crippen LogP contribution < -0.4 is 9.80 Å². The Balaban J connectivity index is 1.57. The highest BCUT2D eigenvalue weighted by atomic mass is 19.1. The number of para-hydroxylation sites is 2. The minimum Gasteiger partial charge on any atom is -0.348 e. The van der Waals surface area contributed by atoms with Crippen LogP contribution in [0.3, 0.4) is 0 Å². The summed E-state index contributed by atoms with van der Waals surface area (Å²) in [5.74, 6) is -0.166.